The van der Waals surface area contributed by atoms with E-state index in [-0.39, 0.29) is 40.4 Å². The molecule has 0 spiro atoms. The van der Waals surface area contributed by atoms with E-state index in [1.807, 2.05) is 18.2 Å². The van der Waals surface area contributed by atoms with Crippen LogP contribution in [-0.4, -0.2) is 57.3 Å². The Labute approximate surface area is 200 Å². The van der Waals surface area contributed by atoms with Gasteiger partial charge in [-0.05, 0) is 43.2 Å². The van der Waals surface area contributed by atoms with Crippen LogP contribution < -0.4 is 5.56 Å². The van der Waals surface area contributed by atoms with Crippen LogP contribution in [0, 0.1) is 5.82 Å². The first kappa shape index (κ1) is 22.5. The Balaban J connectivity index is 1.23. The molecule has 0 bridgehead atoms. The van der Waals surface area contributed by atoms with Gasteiger partial charge in [-0.25, -0.2) is 9.37 Å². The number of nitrogens with zero attached hydrogens (tertiary/aromatic N) is 4. The number of piperazine rings is 1. The lowest BCUT2D eigenvalue weighted by Crippen LogP contribution is -2.50. The average molecular weight is 483 g/mol. The minimum Gasteiger partial charge on any atom is -0.339 e. The van der Waals surface area contributed by atoms with Crippen molar-refractivity contribution in [3.63, 3.8) is 0 Å². The number of aromatic nitrogens is 2. The van der Waals surface area contributed by atoms with E-state index in [0.29, 0.717) is 49.3 Å². The Morgan fingerprint density at radius 1 is 1.03 bits per heavy atom. The summed E-state index contributed by atoms with van der Waals surface area (Å²) in [6.07, 6.45) is 2.54. The molecule has 5 rings (SSSR count). The molecule has 0 N–H and O–H groups in total. The zero-order valence-corrected chi connectivity index (χ0v) is 19.3. The van der Waals surface area contributed by atoms with Gasteiger partial charge in [0.1, 0.15) is 11.6 Å². The quantitative estimate of drug-likeness (QED) is 0.558. The van der Waals surface area contributed by atoms with Gasteiger partial charge in [0.25, 0.3) is 11.5 Å². The topological polar surface area (TPSA) is 75.5 Å². The molecule has 2 heterocycles. The fourth-order valence-corrected chi connectivity index (χ4v) is 4.69. The first-order chi connectivity index (χ1) is 16.4. The highest BCUT2D eigenvalue weighted by Crippen LogP contribution is 2.35. The molecule has 2 fully saturated rings. The molecule has 1 aliphatic carbocycles. The van der Waals surface area contributed by atoms with Crippen LogP contribution in [0.1, 0.15) is 41.5 Å². The van der Waals surface area contributed by atoms with Crippen LogP contribution in [-0.2, 0) is 11.2 Å². The molecule has 1 aromatic heterocycles. The molecule has 34 heavy (non-hydrogen) atoms. The highest BCUT2D eigenvalue weighted by molar-refractivity contribution is 6.33. The maximum absolute atomic E-state index is 13.3. The summed E-state index contributed by atoms with van der Waals surface area (Å²) in [5.41, 5.74) is 0.865. The third-order valence-corrected chi connectivity index (χ3v) is 6.75. The Morgan fingerprint density at radius 3 is 2.44 bits per heavy atom. The third kappa shape index (κ3) is 4.42. The van der Waals surface area contributed by atoms with E-state index in [1.165, 1.54) is 12.1 Å². The first-order valence-electron chi connectivity index (χ1n) is 11.4. The molecule has 0 atom stereocenters. The van der Waals surface area contributed by atoms with E-state index < -0.39 is 5.82 Å². The molecule has 2 aromatic carbocycles. The summed E-state index contributed by atoms with van der Waals surface area (Å²) in [5, 5.41) is 0.680. The fraction of sp³-hybridized carbons (Fsp3) is 0.360. The molecule has 9 heteroatoms. The van der Waals surface area contributed by atoms with Crippen LogP contribution in [0.2, 0.25) is 5.02 Å². The number of hydrogen-bond donors (Lipinski definition) is 0. The van der Waals surface area contributed by atoms with E-state index in [0.717, 1.165) is 18.9 Å². The third-order valence-electron chi connectivity index (χ3n) is 6.44. The number of hydrogen-bond acceptors (Lipinski definition) is 4. The molecule has 1 aliphatic heterocycles. The molecule has 3 aromatic rings. The lowest BCUT2D eigenvalue weighted by atomic mass is 10.1. The molecule has 7 nitrogen and oxygen atoms in total. The van der Waals surface area contributed by atoms with Crippen LogP contribution in [0.3, 0.4) is 0 Å². The molecule has 2 amide bonds. The van der Waals surface area contributed by atoms with Crippen LogP contribution in [0.15, 0.2) is 47.3 Å². The van der Waals surface area contributed by atoms with Crippen LogP contribution in [0.4, 0.5) is 4.39 Å². The second-order valence-electron chi connectivity index (χ2n) is 8.75. The molecule has 1 saturated carbocycles. The van der Waals surface area contributed by atoms with E-state index in [1.54, 1.807) is 20.4 Å². The maximum atomic E-state index is 13.3. The highest BCUT2D eigenvalue weighted by atomic mass is 35.5. The summed E-state index contributed by atoms with van der Waals surface area (Å²) in [6, 6.07) is 11.2. The van der Waals surface area contributed by atoms with Crippen molar-refractivity contribution in [3.05, 3.63) is 75.0 Å². The molecule has 176 valence electrons. The second kappa shape index (κ2) is 9.18. The molecular formula is C25H24ClFN4O3. The zero-order valence-electron chi connectivity index (χ0n) is 18.5. The number of aryl methyl sites for hydroxylation is 1. The standard InChI is InChI=1S/C25H24ClFN4O3/c26-20-15-16(27)5-8-18(20)24(33)30-13-11-29(12-14-30)23(32)10-9-22-28-21-4-2-1-3-19(21)25(34)31(22)17-6-7-17/h1-5,8,15,17H,6-7,9-14H2. The summed E-state index contributed by atoms with van der Waals surface area (Å²) >= 11 is 6.03. The monoisotopic (exact) mass is 482 g/mol. The second-order valence-corrected chi connectivity index (χ2v) is 9.16. The van der Waals surface area contributed by atoms with Gasteiger partial charge in [0.2, 0.25) is 5.91 Å². The van der Waals surface area contributed by atoms with E-state index >= 15 is 0 Å². The maximum Gasteiger partial charge on any atom is 0.261 e. The van der Waals surface area contributed by atoms with Crippen LogP contribution in [0.5, 0.6) is 0 Å². The van der Waals surface area contributed by atoms with Crippen molar-refractivity contribution in [2.75, 3.05) is 26.2 Å². The number of rotatable bonds is 5. The summed E-state index contributed by atoms with van der Waals surface area (Å²) in [4.78, 5) is 46.7. The number of carbonyl (C=O) groups excluding carboxylic acids is 2. The van der Waals surface area contributed by atoms with E-state index in [2.05, 4.69) is 0 Å². The number of para-hydroxylation sites is 1. The Kier molecular flexibility index (Phi) is 6.08. The van der Waals surface area contributed by atoms with Crippen molar-refractivity contribution in [1.29, 1.82) is 0 Å². The van der Waals surface area contributed by atoms with Gasteiger partial charge in [0, 0.05) is 45.1 Å². The van der Waals surface area contributed by atoms with E-state index in [9.17, 15) is 18.8 Å². The van der Waals surface area contributed by atoms with Gasteiger partial charge in [-0.1, -0.05) is 23.7 Å². The number of fused-ring (bicyclic) bond motifs is 1. The summed E-state index contributed by atoms with van der Waals surface area (Å²) in [6.45, 7) is 1.56. The van der Waals surface area contributed by atoms with Gasteiger partial charge in [-0.15, -0.1) is 0 Å². The predicted molar refractivity (Wildman–Crippen MR) is 126 cm³/mol. The van der Waals surface area contributed by atoms with Gasteiger partial charge in [-0.2, -0.15) is 0 Å². The Hall–Kier alpha value is -3.26. The summed E-state index contributed by atoms with van der Waals surface area (Å²) in [5.74, 6) is -0.146. The molecular weight excluding hydrogens is 459 g/mol. The Bertz CT molecular complexity index is 1330. The molecule has 1 saturated heterocycles. The lowest BCUT2D eigenvalue weighted by Gasteiger charge is -2.35. The highest BCUT2D eigenvalue weighted by Gasteiger charge is 2.29. The van der Waals surface area contributed by atoms with Crippen molar-refractivity contribution in [2.24, 2.45) is 0 Å². The minimum absolute atomic E-state index is 0.0309. The smallest absolute Gasteiger partial charge is 0.261 e. The molecule has 2 aliphatic rings. The predicted octanol–water partition coefficient (Wildman–Crippen LogP) is 3.44. The minimum atomic E-state index is -0.495. The fourth-order valence-electron chi connectivity index (χ4n) is 4.45. The van der Waals surface area contributed by atoms with Crippen LogP contribution in [0.25, 0.3) is 10.9 Å². The van der Waals surface area contributed by atoms with Gasteiger partial charge in [0.15, 0.2) is 0 Å². The van der Waals surface area contributed by atoms with Gasteiger partial charge < -0.3 is 9.80 Å². The van der Waals surface area contributed by atoms with Crippen molar-refractivity contribution in [2.45, 2.75) is 31.7 Å². The zero-order chi connectivity index (χ0) is 23.8. The molecule has 0 unspecified atom stereocenters. The van der Waals surface area contributed by atoms with Crippen molar-refractivity contribution in [3.8, 4) is 0 Å². The first-order valence-corrected chi connectivity index (χ1v) is 11.8. The number of benzene rings is 2. The summed E-state index contributed by atoms with van der Waals surface area (Å²) in [7, 11) is 0. The van der Waals surface area contributed by atoms with E-state index in [4.69, 9.17) is 16.6 Å². The molecule has 0 radical (unpaired) electrons. The average Bonchev–Trinajstić information content (AvgIpc) is 3.67. The lowest BCUT2D eigenvalue weighted by molar-refractivity contribution is -0.132. The largest absolute Gasteiger partial charge is 0.339 e. The van der Waals surface area contributed by atoms with Crippen molar-refractivity contribution < 1.29 is 14.0 Å². The van der Waals surface area contributed by atoms with Crippen molar-refractivity contribution in [1.82, 2.24) is 19.4 Å². The normalized spacial score (nSPS) is 16.2. The van der Waals surface area contributed by atoms with Gasteiger partial charge in [-0.3, -0.25) is 19.0 Å². The summed E-state index contributed by atoms with van der Waals surface area (Å²) < 4.78 is 15.0. The van der Waals surface area contributed by atoms with Gasteiger partial charge in [0.05, 0.1) is 21.5 Å². The number of amides is 2. The number of halogens is 2. The SMILES string of the molecule is O=C(CCc1nc2ccccc2c(=O)n1C1CC1)N1CCN(C(=O)c2ccc(F)cc2Cl)CC1. The van der Waals surface area contributed by atoms with Crippen molar-refractivity contribution >= 4 is 34.3 Å². The van der Waals surface area contributed by atoms with Crippen LogP contribution >= 0.6 is 11.6 Å². The number of carbonyl (C=O) groups is 2. The van der Waals surface area contributed by atoms with Gasteiger partial charge >= 0.3 is 0 Å². The Morgan fingerprint density at radius 2 is 1.74 bits per heavy atom.